The van der Waals surface area contributed by atoms with Crippen LogP contribution in [0.4, 0.5) is 0 Å². The van der Waals surface area contributed by atoms with Crippen LogP contribution in [0.15, 0.2) is 0 Å². The van der Waals surface area contributed by atoms with E-state index in [0.29, 0.717) is 26.1 Å². The Morgan fingerprint density at radius 2 is 0.929 bits per heavy atom. The van der Waals surface area contributed by atoms with Crippen molar-refractivity contribution in [2.45, 2.75) is 104 Å². The van der Waals surface area contributed by atoms with Crippen LogP contribution < -0.4 is 0 Å². The summed E-state index contributed by atoms with van der Waals surface area (Å²) in [5.74, 6) is -0.133. The summed E-state index contributed by atoms with van der Waals surface area (Å²) in [5.41, 5.74) is 0. The summed E-state index contributed by atoms with van der Waals surface area (Å²) < 4.78 is 10.2. The third-order valence-electron chi connectivity index (χ3n) is 4.10. The molecule has 0 atom stereocenters. The molecule has 0 aliphatic rings. The van der Waals surface area contributed by atoms with E-state index in [1.54, 1.807) is 0 Å². The molecule has 0 aliphatic carbocycles. The van der Waals surface area contributed by atoms with Crippen molar-refractivity contribution in [3.63, 3.8) is 0 Å². The molecule has 0 spiro atoms. The van der Waals surface area contributed by atoms with Crippen LogP contribution in [0.1, 0.15) is 104 Å². The first-order chi connectivity index (χ1) is 13.6. The number of hydrogen-bond acceptors (Lipinski definition) is 6. The van der Waals surface area contributed by atoms with Crippen molar-refractivity contribution in [3.8, 4) is 0 Å². The van der Waals surface area contributed by atoms with E-state index in [1.807, 2.05) is 0 Å². The number of ether oxygens (including phenoxy) is 2. The maximum atomic E-state index is 11.4. The molecule has 0 bridgehead atoms. The Hall–Kier alpha value is -1.14. The Labute approximate surface area is 172 Å². The van der Waals surface area contributed by atoms with Gasteiger partial charge < -0.3 is 19.7 Å². The van der Waals surface area contributed by atoms with E-state index < -0.39 is 0 Å². The van der Waals surface area contributed by atoms with Gasteiger partial charge in [0.2, 0.25) is 0 Å². The number of aliphatic hydroxyl groups is 2. The highest BCUT2D eigenvalue weighted by atomic mass is 16.5. The molecule has 6 nitrogen and oxygen atoms in total. The topological polar surface area (TPSA) is 93.1 Å². The largest absolute Gasteiger partial charge is 0.466 e. The fraction of sp³-hybridized carbons (Fsp3) is 0.909. The molecule has 0 amide bonds. The van der Waals surface area contributed by atoms with Gasteiger partial charge in [-0.2, -0.15) is 0 Å². The number of carbonyl (C=O) groups excluding carboxylic acids is 2. The lowest BCUT2D eigenvalue weighted by Gasteiger charge is -2.05. The molecule has 168 valence electrons. The number of unbranched alkanes of at least 4 members (excludes halogenated alkanes) is 8. The average molecular weight is 405 g/mol. The smallest absolute Gasteiger partial charge is 0.305 e. The predicted octanol–water partition coefficient (Wildman–Crippen LogP) is 4.55. The molecule has 0 radical (unpaired) electrons. The number of rotatable bonds is 18. The summed E-state index contributed by atoms with van der Waals surface area (Å²) in [7, 11) is 0. The molecule has 0 heterocycles. The summed E-state index contributed by atoms with van der Waals surface area (Å²) in [4.78, 5) is 22.7. The highest BCUT2D eigenvalue weighted by Crippen LogP contribution is 2.10. The highest BCUT2D eigenvalue weighted by Gasteiger charge is 2.03. The monoisotopic (exact) mass is 404 g/mol. The Kier molecular flexibility index (Phi) is 26.8. The molecule has 0 saturated heterocycles. The number of carbonyl (C=O) groups is 2. The van der Waals surface area contributed by atoms with Crippen molar-refractivity contribution in [1.29, 1.82) is 0 Å². The van der Waals surface area contributed by atoms with E-state index >= 15 is 0 Å². The lowest BCUT2D eigenvalue weighted by Crippen LogP contribution is -2.05. The van der Waals surface area contributed by atoms with Crippen molar-refractivity contribution in [3.05, 3.63) is 0 Å². The van der Waals surface area contributed by atoms with Crippen molar-refractivity contribution in [2.75, 3.05) is 26.4 Å². The van der Waals surface area contributed by atoms with Crippen molar-refractivity contribution >= 4 is 11.9 Å². The van der Waals surface area contributed by atoms with Gasteiger partial charge in [0.1, 0.15) is 0 Å². The normalized spacial score (nSPS) is 10.1. The van der Waals surface area contributed by atoms with Crippen LogP contribution in [0.25, 0.3) is 0 Å². The van der Waals surface area contributed by atoms with Gasteiger partial charge >= 0.3 is 11.9 Å². The lowest BCUT2D eigenvalue weighted by molar-refractivity contribution is -0.144. The number of hydrogen-bond donors (Lipinski definition) is 2. The van der Waals surface area contributed by atoms with Crippen LogP contribution in [-0.4, -0.2) is 48.6 Å². The van der Waals surface area contributed by atoms with Gasteiger partial charge in [-0.3, -0.25) is 9.59 Å². The van der Waals surface area contributed by atoms with Crippen LogP contribution in [0.5, 0.6) is 0 Å². The van der Waals surface area contributed by atoms with Gasteiger partial charge in [0, 0.05) is 26.1 Å². The number of aliphatic hydroxyl groups excluding tert-OH is 2. The van der Waals surface area contributed by atoms with Gasteiger partial charge in [-0.1, -0.05) is 52.4 Å². The maximum Gasteiger partial charge on any atom is 0.305 e. The van der Waals surface area contributed by atoms with Gasteiger partial charge in [-0.15, -0.1) is 0 Å². The molecule has 0 saturated carbocycles. The summed E-state index contributed by atoms with van der Waals surface area (Å²) in [5, 5.41) is 16.2. The van der Waals surface area contributed by atoms with Gasteiger partial charge in [-0.05, 0) is 38.5 Å². The molecule has 0 aromatic rings. The van der Waals surface area contributed by atoms with E-state index in [1.165, 1.54) is 0 Å². The minimum absolute atomic E-state index is 0.0664. The zero-order valence-corrected chi connectivity index (χ0v) is 18.3. The van der Waals surface area contributed by atoms with Crippen molar-refractivity contribution in [2.24, 2.45) is 0 Å². The molecule has 0 fully saturated rings. The van der Waals surface area contributed by atoms with E-state index in [9.17, 15) is 9.59 Å². The molecular weight excluding hydrogens is 360 g/mol. The fourth-order valence-corrected chi connectivity index (χ4v) is 2.27. The molecule has 0 aromatic carbocycles. The Bertz CT molecular complexity index is 301. The fourth-order valence-electron chi connectivity index (χ4n) is 2.27. The first-order valence-electron chi connectivity index (χ1n) is 11.1. The standard InChI is InChI=1S/C18H34O4.C4H10O2/c1-3-5-15-21-17(19)13-11-9-7-8-10-12-14-18(20)22-16-6-4-2;5-3-1-2-4-6/h3-16H2,1-2H3;5-6H,1-4H2. The summed E-state index contributed by atoms with van der Waals surface area (Å²) in [6.07, 6.45) is 12.7. The molecular formula is C22H44O6. The minimum Gasteiger partial charge on any atom is -0.466 e. The van der Waals surface area contributed by atoms with Crippen LogP contribution in [0.3, 0.4) is 0 Å². The molecule has 6 heteroatoms. The lowest BCUT2D eigenvalue weighted by atomic mass is 10.1. The third kappa shape index (κ3) is 27.1. The van der Waals surface area contributed by atoms with Crippen LogP contribution in [0, 0.1) is 0 Å². The minimum atomic E-state index is -0.0664. The van der Waals surface area contributed by atoms with E-state index in [2.05, 4.69) is 13.8 Å². The van der Waals surface area contributed by atoms with Gasteiger partial charge in [0.05, 0.1) is 13.2 Å². The Morgan fingerprint density at radius 3 is 1.25 bits per heavy atom. The van der Waals surface area contributed by atoms with Crippen LogP contribution in [0.2, 0.25) is 0 Å². The van der Waals surface area contributed by atoms with Crippen LogP contribution in [-0.2, 0) is 19.1 Å². The second-order valence-corrected chi connectivity index (χ2v) is 6.92. The zero-order valence-electron chi connectivity index (χ0n) is 18.3. The predicted molar refractivity (Wildman–Crippen MR) is 112 cm³/mol. The SMILES string of the molecule is CCCCOC(=O)CCCCCCCCC(=O)OCCCC.OCCCCO. The Morgan fingerprint density at radius 1 is 0.571 bits per heavy atom. The summed E-state index contributed by atoms with van der Waals surface area (Å²) in [6, 6.07) is 0. The zero-order chi connectivity index (χ0) is 21.3. The van der Waals surface area contributed by atoms with E-state index in [0.717, 1.165) is 77.0 Å². The van der Waals surface area contributed by atoms with Gasteiger partial charge in [0.15, 0.2) is 0 Å². The van der Waals surface area contributed by atoms with Crippen LogP contribution >= 0.6 is 0 Å². The van der Waals surface area contributed by atoms with E-state index in [-0.39, 0.29) is 25.2 Å². The molecule has 0 unspecified atom stereocenters. The third-order valence-corrected chi connectivity index (χ3v) is 4.10. The second kappa shape index (κ2) is 25.9. The highest BCUT2D eigenvalue weighted by molar-refractivity contribution is 5.69. The van der Waals surface area contributed by atoms with Crippen molar-refractivity contribution < 1.29 is 29.3 Å². The van der Waals surface area contributed by atoms with E-state index in [4.69, 9.17) is 19.7 Å². The summed E-state index contributed by atoms with van der Waals surface area (Å²) >= 11 is 0. The Balaban J connectivity index is 0. The quantitative estimate of drug-likeness (QED) is 0.257. The summed E-state index contributed by atoms with van der Waals surface area (Å²) in [6.45, 7) is 5.67. The van der Waals surface area contributed by atoms with Crippen molar-refractivity contribution in [1.82, 2.24) is 0 Å². The number of esters is 2. The molecule has 0 aliphatic heterocycles. The molecule has 2 N–H and O–H groups in total. The van der Waals surface area contributed by atoms with Gasteiger partial charge in [-0.25, -0.2) is 0 Å². The average Bonchev–Trinajstić information content (AvgIpc) is 2.69. The maximum absolute atomic E-state index is 11.4. The first kappa shape index (κ1) is 29.1. The molecule has 28 heavy (non-hydrogen) atoms. The second-order valence-electron chi connectivity index (χ2n) is 6.92. The molecule has 0 rings (SSSR count). The first-order valence-corrected chi connectivity index (χ1v) is 11.1. The van der Waals surface area contributed by atoms with Gasteiger partial charge in [0.25, 0.3) is 0 Å². The molecule has 0 aromatic heterocycles.